The van der Waals surface area contributed by atoms with Gasteiger partial charge in [-0.05, 0) is 32.6 Å². The van der Waals surface area contributed by atoms with E-state index in [1.165, 1.54) is 0 Å². The minimum absolute atomic E-state index is 0.173. The van der Waals surface area contributed by atoms with Gasteiger partial charge in [-0.1, -0.05) is 0 Å². The van der Waals surface area contributed by atoms with Crippen LogP contribution < -0.4 is 4.74 Å². The van der Waals surface area contributed by atoms with Crippen molar-refractivity contribution in [3.05, 3.63) is 11.9 Å². The Bertz CT molecular complexity index is 399. The van der Waals surface area contributed by atoms with Gasteiger partial charge in [0.1, 0.15) is 11.8 Å². The predicted molar refractivity (Wildman–Crippen MR) is 67.6 cm³/mol. The fraction of sp³-hybridized carbons (Fsp3) is 0.769. The molecule has 2 atom stereocenters. The molecule has 1 saturated carbocycles. The highest BCUT2D eigenvalue weighted by atomic mass is 16.5. The van der Waals surface area contributed by atoms with Gasteiger partial charge in [-0.25, -0.2) is 0 Å². The van der Waals surface area contributed by atoms with E-state index in [-0.39, 0.29) is 12.1 Å². The molecule has 5 heteroatoms. The fourth-order valence-corrected chi connectivity index (χ4v) is 2.37. The van der Waals surface area contributed by atoms with Gasteiger partial charge in [0.05, 0.1) is 19.4 Å². The largest absolute Gasteiger partial charge is 0.493 e. The van der Waals surface area contributed by atoms with Crippen molar-refractivity contribution in [3.63, 3.8) is 0 Å². The second kappa shape index (κ2) is 5.28. The molecule has 0 spiro atoms. The van der Waals surface area contributed by atoms with Crippen molar-refractivity contribution in [2.24, 2.45) is 5.92 Å². The summed E-state index contributed by atoms with van der Waals surface area (Å²) in [6.07, 6.45) is 3.02. The van der Waals surface area contributed by atoms with E-state index in [1.54, 1.807) is 25.1 Å². The SMILES string of the molecule is COc1cnn(C(C)C)c1C(O)C(OC)C1CC1. The van der Waals surface area contributed by atoms with Crippen molar-refractivity contribution in [1.82, 2.24) is 9.78 Å². The molecule has 1 aromatic heterocycles. The highest BCUT2D eigenvalue weighted by Gasteiger charge is 2.39. The summed E-state index contributed by atoms with van der Waals surface area (Å²) in [7, 11) is 3.24. The van der Waals surface area contributed by atoms with E-state index in [2.05, 4.69) is 5.10 Å². The number of methoxy groups -OCH3 is 2. The zero-order valence-electron chi connectivity index (χ0n) is 11.5. The van der Waals surface area contributed by atoms with Gasteiger partial charge < -0.3 is 14.6 Å². The Hall–Kier alpha value is -1.07. The lowest BCUT2D eigenvalue weighted by Crippen LogP contribution is -2.26. The molecular weight excluding hydrogens is 232 g/mol. The monoisotopic (exact) mass is 254 g/mol. The van der Waals surface area contributed by atoms with Crippen molar-refractivity contribution in [2.45, 2.75) is 44.9 Å². The smallest absolute Gasteiger partial charge is 0.162 e. The van der Waals surface area contributed by atoms with E-state index in [4.69, 9.17) is 9.47 Å². The second-order valence-corrected chi connectivity index (χ2v) is 5.12. The summed E-state index contributed by atoms with van der Waals surface area (Å²) in [5.41, 5.74) is 0.714. The molecule has 0 aromatic carbocycles. The summed E-state index contributed by atoms with van der Waals surface area (Å²) < 4.78 is 12.5. The van der Waals surface area contributed by atoms with Crippen molar-refractivity contribution < 1.29 is 14.6 Å². The lowest BCUT2D eigenvalue weighted by Gasteiger charge is -2.24. The first-order chi connectivity index (χ1) is 8.60. The minimum atomic E-state index is -0.692. The van der Waals surface area contributed by atoms with Crippen LogP contribution in [0, 0.1) is 5.92 Å². The lowest BCUT2D eigenvalue weighted by atomic mass is 10.1. The number of aliphatic hydroxyl groups is 1. The van der Waals surface area contributed by atoms with Crippen molar-refractivity contribution in [2.75, 3.05) is 14.2 Å². The van der Waals surface area contributed by atoms with Gasteiger partial charge in [-0.15, -0.1) is 0 Å². The Morgan fingerprint density at radius 2 is 2.06 bits per heavy atom. The summed E-state index contributed by atoms with van der Waals surface area (Å²) in [6, 6.07) is 0.176. The third-order valence-electron chi connectivity index (χ3n) is 3.46. The molecule has 1 heterocycles. The molecule has 5 nitrogen and oxygen atoms in total. The Kier molecular flexibility index (Phi) is 3.92. The molecule has 1 aliphatic carbocycles. The maximum Gasteiger partial charge on any atom is 0.162 e. The van der Waals surface area contributed by atoms with Gasteiger partial charge in [-0.3, -0.25) is 4.68 Å². The molecule has 0 aliphatic heterocycles. The molecule has 1 fully saturated rings. The molecule has 2 unspecified atom stereocenters. The van der Waals surface area contributed by atoms with Crippen LogP contribution in [0.15, 0.2) is 6.20 Å². The van der Waals surface area contributed by atoms with Crippen LogP contribution in [-0.4, -0.2) is 35.2 Å². The van der Waals surface area contributed by atoms with Crippen molar-refractivity contribution in [1.29, 1.82) is 0 Å². The number of ether oxygens (including phenoxy) is 2. The van der Waals surface area contributed by atoms with Gasteiger partial charge in [0.15, 0.2) is 5.75 Å². The topological polar surface area (TPSA) is 56.5 Å². The van der Waals surface area contributed by atoms with Crippen LogP contribution in [0.4, 0.5) is 0 Å². The maximum atomic E-state index is 10.6. The van der Waals surface area contributed by atoms with Crippen molar-refractivity contribution in [3.8, 4) is 5.75 Å². The van der Waals surface area contributed by atoms with E-state index < -0.39 is 6.10 Å². The summed E-state index contributed by atoms with van der Waals surface area (Å²) in [4.78, 5) is 0. The summed E-state index contributed by atoms with van der Waals surface area (Å²) in [6.45, 7) is 4.06. The molecule has 1 aliphatic rings. The normalized spacial score (nSPS) is 19.0. The summed E-state index contributed by atoms with van der Waals surface area (Å²) in [5, 5.41) is 14.8. The first-order valence-corrected chi connectivity index (χ1v) is 6.42. The second-order valence-electron chi connectivity index (χ2n) is 5.12. The Balaban J connectivity index is 2.31. The summed E-state index contributed by atoms with van der Waals surface area (Å²) >= 11 is 0. The van der Waals surface area contributed by atoms with Crippen LogP contribution in [-0.2, 0) is 4.74 Å². The van der Waals surface area contributed by atoms with E-state index in [1.807, 2.05) is 13.8 Å². The van der Waals surface area contributed by atoms with E-state index in [9.17, 15) is 5.11 Å². The lowest BCUT2D eigenvalue weighted by molar-refractivity contribution is -0.0312. The standard InChI is InChI=1S/C13H22N2O3/c1-8(2)15-11(10(17-3)7-14-15)12(16)13(18-4)9-5-6-9/h7-9,12-13,16H,5-6H2,1-4H3. The first kappa shape index (κ1) is 13.4. The van der Waals surface area contributed by atoms with Gasteiger partial charge in [-0.2, -0.15) is 5.10 Å². The molecule has 0 bridgehead atoms. The molecule has 0 saturated heterocycles. The number of aromatic nitrogens is 2. The quantitative estimate of drug-likeness (QED) is 0.842. The zero-order valence-corrected chi connectivity index (χ0v) is 11.5. The number of aliphatic hydroxyl groups excluding tert-OH is 1. The molecule has 2 rings (SSSR count). The first-order valence-electron chi connectivity index (χ1n) is 6.42. The number of hydrogen-bond acceptors (Lipinski definition) is 4. The fourth-order valence-electron chi connectivity index (χ4n) is 2.37. The van der Waals surface area contributed by atoms with Crippen LogP contribution in [0.25, 0.3) is 0 Å². The van der Waals surface area contributed by atoms with Crippen molar-refractivity contribution >= 4 is 0 Å². The van der Waals surface area contributed by atoms with Gasteiger partial charge in [0.2, 0.25) is 0 Å². The van der Waals surface area contributed by atoms with Gasteiger partial charge in [0.25, 0.3) is 0 Å². The average Bonchev–Trinajstić information content (AvgIpc) is 3.07. The van der Waals surface area contributed by atoms with E-state index in [0.717, 1.165) is 12.8 Å². The Labute approximate surface area is 108 Å². The number of hydrogen-bond donors (Lipinski definition) is 1. The van der Waals surface area contributed by atoms with Crippen LogP contribution in [0.5, 0.6) is 5.75 Å². The summed E-state index contributed by atoms with van der Waals surface area (Å²) in [5.74, 6) is 1.07. The minimum Gasteiger partial charge on any atom is -0.493 e. The number of nitrogens with zero attached hydrogens (tertiary/aromatic N) is 2. The van der Waals surface area contributed by atoms with Crippen LogP contribution in [0.2, 0.25) is 0 Å². The van der Waals surface area contributed by atoms with Crippen LogP contribution in [0.1, 0.15) is 44.5 Å². The molecule has 102 valence electrons. The third-order valence-corrected chi connectivity index (χ3v) is 3.46. The van der Waals surface area contributed by atoms with Gasteiger partial charge in [0, 0.05) is 13.2 Å². The Morgan fingerprint density at radius 1 is 1.39 bits per heavy atom. The molecule has 0 radical (unpaired) electrons. The molecule has 1 N–H and O–H groups in total. The van der Waals surface area contributed by atoms with Gasteiger partial charge >= 0.3 is 0 Å². The predicted octanol–water partition coefficient (Wildman–Crippen LogP) is 1.93. The third kappa shape index (κ3) is 2.37. The highest BCUT2D eigenvalue weighted by molar-refractivity contribution is 5.29. The van der Waals surface area contributed by atoms with Crippen LogP contribution >= 0.6 is 0 Å². The van der Waals surface area contributed by atoms with Crippen LogP contribution in [0.3, 0.4) is 0 Å². The molecular formula is C13H22N2O3. The zero-order chi connectivity index (χ0) is 13.3. The van der Waals surface area contributed by atoms with E-state index in [0.29, 0.717) is 17.4 Å². The van der Waals surface area contributed by atoms with E-state index >= 15 is 0 Å². The highest BCUT2D eigenvalue weighted by Crippen LogP contribution is 2.41. The molecule has 0 amide bonds. The molecule has 18 heavy (non-hydrogen) atoms. The molecule has 1 aromatic rings. The Morgan fingerprint density at radius 3 is 2.50 bits per heavy atom. The number of rotatable bonds is 6. The average molecular weight is 254 g/mol. The maximum absolute atomic E-state index is 10.6.